The molecule has 0 saturated heterocycles. The van der Waals surface area contributed by atoms with Crippen LogP contribution < -0.4 is 14.4 Å². The highest BCUT2D eigenvalue weighted by Crippen LogP contribution is 2.46. The summed E-state index contributed by atoms with van der Waals surface area (Å²) in [5, 5.41) is 12.2. The third-order valence-electron chi connectivity index (χ3n) is 10.6. The van der Waals surface area contributed by atoms with Gasteiger partial charge in [-0.15, -0.1) is 0 Å². The molecule has 5 rings (SSSR count). The van der Waals surface area contributed by atoms with Crippen LogP contribution in [0.15, 0.2) is 36.4 Å². The lowest BCUT2D eigenvalue weighted by Gasteiger charge is -2.49. The summed E-state index contributed by atoms with van der Waals surface area (Å²) in [7, 11) is 0.0578. The van der Waals surface area contributed by atoms with Gasteiger partial charge in [-0.05, 0) is 125 Å². The van der Waals surface area contributed by atoms with Crippen molar-refractivity contribution in [1.82, 2.24) is 9.62 Å². The van der Waals surface area contributed by atoms with Gasteiger partial charge in [-0.3, -0.25) is 4.79 Å². The van der Waals surface area contributed by atoms with Crippen molar-refractivity contribution in [1.29, 1.82) is 0 Å². The molecular formula is C36H52ClN3O6S. The summed E-state index contributed by atoms with van der Waals surface area (Å²) in [6.45, 7) is 6.87. The highest BCUT2D eigenvalue weighted by atomic mass is 35.5. The number of amides is 1. The lowest BCUT2D eigenvalue weighted by molar-refractivity contribution is -0.133. The van der Waals surface area contributed by atoms with Gasteiger partial charge in [0.1, 0.15) is 12.4 Å². The Balaban J connectivity index is 1.51. The second-order valence-electron chi connectivity index (χ2n) is 14.2. The molecule has 2 aliphatic heterocycles. The SMILES string of the molecule is C[C@@H]1[C@@H](C)CCC[C@](O)(COCCN(C)C)[C@@H]2CC[C@H]2CN2CCCCc3cc(Cl)ccc3COc3ccc(cc32)C(=O)NS1(=O)=O. The van der Waals surface area contributed by atoms with E-state index in [1.54, 1.807) is 25.1 Å². The van der Waals surface area contributed by atoms with Crippen LogP contribution in [0.25, 0.3) is 0 Å². The molecule has 2 aromatic carbocycles. The lowest BCUT2D eigenvalue weighted by atomic mass is 9.63. The molecule has 1 aliphatic carbocycles. The molecule has 1 saturated carbocycles. The van der Waals surface area contributed by atoms with Crippen LogP contribution >= 0.6 is 11.6 Å². The second-order valence-corrected chi connectivity index (χ2v) is 16.7. The number of benzene rings is 2. The van der Waals surface area contributed by atoms with Gasteiger partial charge in [0, 0.05) is 30.2 Å². The number of sulfonamides is 1. The Morgan fingerprint density at radius 3 is 2.64 bits per heavy atom. The van der Waals surface area contributed by atoms with Gasteiger partial charge in [0.2, 0.25) is 10.0 Å². The number of anilines is 1. The van der Waals surface area contributed by atoms with Crippen molar-refractivity contribution >= 4 is 33.2 Å². The number of hydrogen-bond acceptors (Lipinski definition) is 8. The predicted octanol–water partition coefficient (Wildman–Crippen LogP) is 5.67. The van der Waals surface area contributed by atoms with Crippen molar-refractivity contribution in [2.45, 2.75) is 82.7 Å². The van der Waals surface area contributed by atoms with Crippen molar-refractivity contribution in [2.75, 3.05) is 51.8 Å². The maximum Gasteiger partial charge on any atom is 0.264 e. The summed E-state index contributed by atoms with van der Waals surface area (Å²) in [4.78, 5) is 17.8. The van der Waals surface area contributed by atoms with E-state index in [1.807, 2.05) is 39.2 Å². The second kappa shape index (κ2) is 15.5. The van der Waals surface area contributed by atoms with E-state index < -0.39 is 26.8 Å². The third-order valence-corrected chi connectivity index (χ3v) is 12.8. The van der Waals surface area contributed by atoms with Gasteiger partial charge in [0.15, 0.2) is 0 Å². The smallest absolute Gasteiger partial charge is 0.264 e. The molecule has 0 aromatic heterocycles. The van der Waals surface area contributed by atoms with Crippen LogP contribution in [0.1, 0.15) is 80.3 Å². The minimum atomic E-state index is -3.95. The molecule has 1 fully saturated rings. The molecule has 0 spiro atoms. The van der Waals surface area contributed by atoms with Gasteiger partial charge < -0.3 is 24.4 Å². The zero-order valence-electron chi connectivity index (χ0n) is 28.3. The Hall–Kier alpha value is -2.37. The van der Waals surface area contributed by atoms with Gasteiger partial charge in [-0.25, -0.2) is 13.1 Å². The number of aryl methyl sites for hydroxylation is 1. The zero-order valence-corrected chi connectivity index (χ0v) is 29.9. The molecule has 260 valence electrons. The predicted molar refractivity (Wildman–Crippen MR) is 187 cm³/mol. The van der Waals surface area contributed by atoms with E-state index in [-0.39, 0.29) is 29.9 Å². The Morgan fingerprint density at radius 1 is 1.09 bits per heavy atom. The van der Waals surface area contributed by atoms with Gasteiger partial charge in [-0.1, -0.05) is 31.0 Å². The number of fused-ring (bicyclic) bond motifs is 3. The summed E-state index contributed by atoms with van der Waals surface area (Å²) in [6, 6.07) is 11.1. The number of ether oxygens (including phenoxy) is 2. The highest BCUT2D eigenvalue weighted by molar-refractivity contribution is 7.90. The van der Waals surface area contributed by atoms with Gasteiger partial charge in [-0.2, -0.15) is 0 Å². The van der Waals surface area contributed by atoms with Gasteiger partial charge in [0.05, 0.1) is 29.8 Å². The first-order valence-electron chi connectivity index (χ1n) is 17.2. The van der Waals surface area contributed by atoms with Crippen molar-refractivity contribution < 1.29 is 27.8 Å². The molecular weight excluding hydrogens is 638 g/mol. The Morgan fingerprint density at radius 2 is 1.89 bits per heavy atom. The van der Waals surface area contributed by atoms with Crippen LogP contribution in [0.3, 0.4) is 0 Å². The van der Waals surface area contributed by atoms with Gasteiger partial charge in [0.25, 0.3) is 5.91 Å². The van der Waals surface area contributed by atoms with Crippen LogP contribution in [0, 0.1) is 17.8 Å². The van der Waals surface area contributed by atoms with E-state index >= 15 is 0 Å². The highest BCUT2D eigenvalue weighted by Gasteiger charge is 2.47. The molecule has 2 aromatic rings. The fraction of sp³-hybridized carbons (Fsp3) is 0.639. The van der Waals surface area contributed by atoms with E-state index in [2.05, 4.69) is 14.5 Å². The summed E-state index contributed by atoms with van der Waals surface area (Å²) >= 11 is 6.35. The van der Waals surface area contributed by atoms with Crippen LogP contribution in [0.4, 0.5) is 5.69 Å². The van der Waals surface area contributed by atoms with Crippen LogP contribution in [0.2, 0.25) is 5.02 Å². The first-order chi connectivity index (χ1) is 22.4. The molecule has 5 atom stereocenters. The van der Waals surface area contributed by atoms with Crippen molar-refractivity contribution in [2.24, 2.45) is 17.8 Å². The largest absolute Gasteiger partial charge is 0.487 e. The summed E-state index contributed by atoms with van der Waals surface area (Å²) in [5.41, 5.74) is 2.25. The number of likely N-dealkylation sites (N-methyl/N-ethyl adjacent to an activating group) is 1. The van der Waals surface area contributed by atoms with E-state index in [0.29, 0.717) is 49.8 Å². The molecule has 2 N–H and O–H groups in total. The fourth-order valence-corrected chi connectivity index (χ4v) is 8.77. The maximum absolute atomic E-state index is 13.5. The Labute approximate surface area is 286 Å². The summed E-state index contributed by atoms with van der Waals surface area (Å²) in [6.07, 6.45) is 6.44. The summed E-state index contributed by atoms with van der Waals surface area (Å²) < 4.78 is 41.7. The monoisotopic (exact) mass is 689 g/mol. The average molecular weight is 690 g/mol. The third kappa shape index (κ3) is 8.81. The molecule has 3 aliphatic rings. The molecule has 9 nitrogen and oxygen atoms in total. The summed E-state index contributed by atoms with van der Waals surface area (Å²) in [5.74, 6) is 0.0611. The van der Waals surface area contributed by atoms with Crippen LogP contribution in [-0.4, -0.2) is 82.1 Å². The van der Waals surface area contributed by atoms with Crippen molar-refractivity contribution in [3.05, 3.63) is 58.1 Å². The first-order valence-corrected chi connectivity index (χ1v) is 19.1. The van der Waals surface area contributed by atoms with E-state index in [9.17, 15) is 18.3 Å². The molecule has 1 amide bonds. The topological polar surface area (TPSA) is 108 Å². The normalized spacial score (nSPS) is 28.6. The molecule has 11 heteroatoms. The zero-order chi connectivity index (χ0) is 33.8. The molecule has 47 heavy (non-hydrogen) atoms. The Bertz CT molecular complexity index is 1500. The lowest BCUT2D eigenvalue weighted by Crippen LogP contribution is -2.53. The number of carbonyl (C=O) groups excluding carboxylic acids is 1. The number of rotatable bonds is 5. The van der Waals surface area contributed by atoms with Crippen LogP contribution in [0.5, 0.6) is 5.75 Å². The Kier molecular flexibility index (Phi) is 11.8. The molecule has 0 radical (unpaired) electrons. The minimum Gasteiger partial charge on any atom is -0.487 e. The number of nitrogens with one attached hydrogen (secondary N) is 1. The standard InChI is InChI=1S/C36H52ClN3O6S/c1-25-8-7-16-36(42,24-45-19-18-39(3)4)32-14-11-29(32)22-40-17-6-5-9-27-20-31(37)13-10-30(27)23-46-34-15-12-28(21-33(34)40)35(41)38-47(43,44)26(25)2/h10,12-13,15,20-21,25-26,29,32,42H,5-9,11,14,16-19,22-24H2,1-4H3,(H,38,41)/t25-,26+,29-,32+,36-/m0/s1. The molecule has 2 heterocycles. The van der Waals surface area contributed by atoms with Gasteiger partial charge >= 0.3 is 0 Å². The number of halogens is 1. The average Bonchev–Trinajstić information content (AvgIpc) is 3.03. The maximum atomic E-state index is 13.5. The van der Waals surface area contributed by atoms with Crippen LogP contribution in [-0.2, 0) is 27.8 Å². The van der Waals surface area contributed by atoms with E-state index in [0.717, 1.165) is 56.4 Å². The minimum absolute atomic E-state index is 0.0478. The first kappa shape index (κ1) is 35.9. The molecule has 0 unspecified atom stereocenters. The van der Waals surface area contributed by atoms with E-state index in [4.69, 9.17) is 21.1 Å². The van der Waals surface area contributed by atoms with Crippen molar-refractivity contribution in [3.63, 3.8) is 0 Å². The van der Waals surface area contributed by atoms with Crippen molar-refractivity contribution in [3.8, 4) is 5.75 Å². The number of hydrogen-bond donors (Lipinski definition) is 2. The number of aliphatic hydroxyl groups is 1. The number of carbonyl (C=O) groups is 1. The number of nitrogens with zero attached hydrogens (tertiary/aromatic N) is 2. The fourth-order valence-electron chi connectivity index (χ4n) is 7.27. The van der Waals surface area contributed by atoms with E-state index in [1.165, 1.54) is 5.56 Å². The quantitative estimate of drug-likeness (QED) is 0.387. The molecule has 2 bridgehead atoms.